The van der Waals surface area contributed by atoms with Crippen molar-refractivity contribution in [2.24, 2.45) is 0 Å². The number of carbonyl (C=O) groups excluding carboxylic acids is 1. The number of hydrogen-bond acceptors (Lipinski definition) is 4. The van der Waals surface area contributed by atoms with Gasteiger partial charge in [0.25, 0.3) is 5.91 Å². The molecule has 0 unspecified atom stereocenters. The van der Waals surface area contributed by atoms with Crippen molar-refractivity contribution in [2.45, 2.75) is 18.8 Å². The van der Waals surface area contributed by atoms with Gasteiger partial charge < -0.3 is 5.21 Å². The van der Waals surface area contributed by atoms with Crippen LogP contribution in [0.1, 0.15) is 34.8 Å². The average Bonchev–Trinajstić information content (AvgIpc) is 3.11. The molecule has 1 fully saturated rings. The first kappa shape index (κ1) is 11.2. The number of carbonyl (C=O) groups is 1. The van der Waals surface area contributed by atoms with E-state index < -0.39 is 0 Å². The monoisotopic (exact) mass is 261 g/mol. The molecule has 5 nitrogen and oxygen atoms in total. The molecule has 1 aliphatic carbocycles. The predicted molar refractivity (Wildman–Crippen MR) is 67.4 cm³/mol. The maximum atomic E-state index is 11.9. The largest absolute Gasteiger partial charge is 0.619 e. The van der Waals surface area contributed by atoms with Crippen LogP contribution in [0.2, 0.25) is 0 Å². The van der Waals surface area contributed by atoms with Gasteiger partial charge in [0.2, 0.25) is 0 Å². The zero-order valence-electron chi connectivity index (χ0n) is 9.50. The number of hydrogen-bond donors (Lipinski definition) is 1. The Kier molecular flexibility index (Phi) is 2.71. The van der Waals surface area contributed by atoms with Crippen molar-refractivity contribution in [1.29, 1.82) is 0 Å². The Morgan fingerprint density at radius 1 is 1.44 bits per heavy atom. The number of nitrogens with zero attached hydrogens (tertiary/aromatic N) is 2. The standard InChI is InChI=1S/C12H11N3O2S/c16-11(9-3-5-15(17)6-4-9)14-12-13-10(7-18-12)8-1-2-8/h3-8H,1-2H2,(H,13,14,16). The molecule has 2 aromatic heterocycles. The number of thiazole rings is 1. The third-order valence-corrected chi connectivity index (χ3v) is 3.58. The summed E-state index contributed by atoms with van der Waals surface area (Å²) in [7, 11) is 0. The van der Waals surface area contributed by atoms with Gasteiger partial charge >= 0.3 is 0 Å². The fourth-order valence-electron chi connectivity index (χ4n) is 1.64. The summed E-state index contributed by atoms with van der Waals surface area (Å²) in [5, 5.41) is 16.2. The maximum absolute atomic E-state index is 11.9. The van der Waals surface area contributed by atoms with Crippen LogP contribution in [-0.4, -0.2) is 10.9 Å². The van der Waals surface area contributed by atoms with Gasteiger partial charge in [-0.05, 0) is 12.8 Å². The molecule has 1 amide bonds. The summed E-state index contributed by atoms with van der Waals surface area (Å²) in [5.41, 5.74) is 1.52. The van der Waals surface area contributed by atoms with Crippen LogP contribution in [0.25, 0.3) is 0 Å². The highest BCUT2D eigenvalue weighted by atomic mass is 32.1. The number of nitrogens with one attached hydrogen (secondary N) is 1. The third kappa shape index (κ3) is 2.33. The van der Waals surface area contributed by atoms with Gasteiger partial charge in [0.05, 0.1) is 11.3 Å². The second-order valence-electron chi connectivity index (χ2n) is 4.25. The number of aromatic nitrogens is 2. The molecule has 0 bridgehead atoms. The first-order valence-corrected chi connectivity index (χ1v) is 6.56. The Balaban J connectivity index is 1.70. The normalized spacial score (nSPS) is 14.4. The molecule has 2 heterocycles. The summed E-state index contributed by atoms with van der Waals surface area (Å²) in [5.74, 6) is 0.343. The molecule has 92 valence electrons. The highest BCUT2D eigenvalue weighted by molar-refractivity contribution is 7.14. The van der Waals surface area contributed by atoms with Crippen LogP contribution >= 0.6 is 11.3 Å². The quantitative estimate of drug-likeness (QED) is 0.677. The molecule has 3 rings (SSSR count). The van der Waals surface area contributed by atoms with E-state index in [0.717, 1.165) is 5.69 Å². The van der Waals surface area contributed by atoms with E-state index in [0.29, 0.717) is 21.3 Å². The van der Waals surface area contributed by atoms with Gasteiger partial charge in [0.15, 0.2) is 17.5 Å². The predicted octanol–water partition coefficient (Wildman–Crippen LogP) is 1.91. The summed E-state index contributed by atoms with van der Waals surface area (Å²) < 4.78 is 0.644. The van der Waals surface area contributed by atoms with Gasteiger partial charge in [-0.2, -0.15) is 4.73 Å². The number of rotatable bonds is 3. The van der Waals surface area contributed by atoms with E-state index in [1.165, 1.54) is 48.7 Å². The Bertz CT molecular complexity index is 575. The first-order valence-electron chi connectivity index (χ1n) is 5.68. The van der Waals surface area contributed by atoms with Crippen molar-refractivity contribution in [2.75, 3.05) is 5.32 Å². The van der Waals surface area contributed by atoms with E-state index in [-0.39, 0.29) is 5.91 Å². The Morgan fingerprint density at radius 3 is 2.83 bits per heavy atom. The lowest BCUT2D eigenvalue weighted by Crippen LogP contribution is -2.25. The molecule has 0 aromatic carbocycles. The molecule has 1 N–H and O–H groups in total. The van der Waals surface area contributed by atoms with Crippen LogP contribution in [0.3, 0.4) is 0 Å². The minimum Gasteiger partial charge on any atom is -0.619 e. The average molecular weight is 261 g/mol. The summed E-state index contributed by atoms with van der Waals surface area (Å²) >= 11 is 1.43. The van der Waals surface area contributed by atoms with Crippen molar-refractivity contribution in [1.82, 2.24) is 4.98 Å². The molecule has 6 heteroatoms. The van der Waals surface area contributed by atoms with E-state index in [2.05, 4.69) is 10.3 Å². The molecule has 0 spiro atoms. The Labute approximate surface area is 108 Å². The summed E-state index contributed by atoms with van der Waals surface area (Å²) in [4.78, 5) is 16.2. The van der Waals surface area contributed by atoms with Gasteiger partial charge in [0, 0.05) is 23.4 Å². The van der Waals surface area contributed by atoms with Crippen molar-refractivity contribution in [3.8, 4) is 0 Å². The van der Waals surface area contributed by atoms with Crippen LogP contribution in [0, 0.1) is 5.21 Å². The van der Waals surface area contributed by atoms with E-state index in [9.17, 15) is 10.0 Å². The lowest BCUT2D eigenvalue weighted by atomic mass is 10.2. The topological polar surface area (TPSA) is 68.9 Å². The van der Waals surface area contributed by atoms with Crippen LogP contribution < -0.4 is 10.0 Å². The SMILES string of the molecule is O=C(Nc1nc(C2CC2)cs1)c1cc[n+]([O-])cc1. The summed E-state index contributed by atoms with van der Waals surface area (Å²) in [6.07, 6.45) is 4.98. The van der Waals surface area contributed by atoms with Crippen LogP contribution in [0.15, 0.2) is 29.9 Å². The second-order valence-corrected chi connectivity index (χ2v) is 5.11. The Morgan fingerprint density at radius 2 is 2.17 bits per heavy atom. The first-order chi connectivity index (χ1) is 8.72. The lowest BCUT2D eigenvalue weighted by Gasteiger charge is -2.01. The lowest BCUT2D eigenvalue weighted by molar-refractivity contribution is -0.605. The van der Waals surface area contributed by atoms with Gasteiger partial charge in [-0.25, -0.2) is 4.98 Å². The highest BCUT2D eigenvalue weighted by Gasteiger charge is 2.26. The van der Waals surface area contributed by atoms with Crippen LogP contribution in [-0.2, 0) is 0 Å². The molecular formula is C12H11N3O2S. The van der Waals surface area contributed by atoms with Crippen molar-refractivity contribution in [3.05, 3.63) is 46.4 Å². The highest BCUT2D eigenvalue weighted by Crippen LogP contribution is 2.40. The molecule has 2 aromatic rings. The zero-order chi connectivity index (χ0) is 12.5. The van der Waals surface area contributed by atoms with Gasteiger partial charge in [-0.3, -0.25) is 10.1 Å². The third-order valence-electron chi connectivity index (χ3n) is 2.80. The van der Waals surface area contributed by atoms with E-state index in [1.807, 2.05) is 5.38 Å². The summed E-state index contributed by atoms with van der Waals surface area (Å²) in [6.45, 7) is 0. The molecular weight excluding hydrogens is 250 g/mol. The smallest absolute Gasteiger partial charge is 0.257 e. The Hall–Kier alpha value is -1.95. The number of pyridine rings is 1. The van der Waals surface area contributed by atoms with Gasteiger partial charge in [-0.15, -0.1) is 11.3 Å². The molecule has 1 aliphatic rings. The fourth-order valence-corrected chi connectivity index (χ4v) is 2.43. The number of anilines is 1. The van der Waals surface area contributed by atoms with Crippen LogP contribution in [0.4, 0.5) is 5.13 Å². The molecule has 0 aliphatic heterocycles. The maximum Gasteiger partial charge on any atom is 0.257 e. The molecule has 0 atom stereocenters. The van der Waals surface area contributed by atoms with Crippen molar-refractivity contribution < 1.29 is 9.52 Å². The molecule has 0 saturated heterocycles. The molecule has 0 radical (unpaired) electrons. The van der Waals surface area contributed by atoms with Gasteiger partial charge in [-0.1, -0.05) is 0 Å². The van der Waals surface area contributed by atoms with Crippen molar-refractivity contribution >= 4 is 22.4 Å². The number of amides is 1. The minimum atomic E-state index is -0.243. The fraction of sp³-hybridized carbons (Fsp3) is 0.250. The second kappa shape index (κ2) is 4.38. The minimum absolute atomic E-state index is 0.243. The summed E-state index contributed by atoms with van der Waals surface area (Å²) in [6, 6.07) is 2.97. The van der Waals surface area contributed by atoms with E-state index >= 15 is 0 Å². The van der Waals surface area contributed by atoms with E-state index in [1.54, 1.807) is 0 Å². The van der Waals surface area contributed by atoms with Crippen LogP contribution in [0.5, 0.6) is 0 Å². The zero-order valence-corrected chi connectivity index (χ0v) is 10.3. The van der Waals surface area contributed by atoms with Gasteiger partial charge in [0.1, 0.15) is 0 Å². The molecule has 1 saturated carbocycles. The van der Waals surface area contributed by atoms with E-state index in [4.69, 9.17) is 0 Å². The van der Waals surface area contributed by atoms with Crippen molar-refractivity contribution in [3.63, 3.8) is 0 Å². The molecule has 18 heavy (non-hydrogen) atoms.